The standard InChI is InChI=1S/C18H34N4O12/c19-20-9(25)3-1-2-4-10(26)21-22-17-14(30)13(29)16(8(6-24)32-17)34-18-15(31)12(28)11(27)7(5-23)33-18/h7-8,11-18,22-24,27-31H,1-6,19H2,(H,20,25)(H,21,26). The number of carbonyl (C=O) groups is 2. The molecule has 198 valence electrons. The maximum absolute atomic E-state index is 11.9. The Morgan fingerprint density at radius 2 is 1.41 bits per heavy atom. The lowest BCUT2D eigenvalue weighted by Crippen LogP contribution is -2.67. The maximum Gasteiger partial charge on any atom is 0.234 e. The number of aliphatic hydroxyl groups is 7. The first-order valence-corrected chi connectivity index (χ1v) is 10.8. The lowest BCUT2D eigenvalue weighted by atomic mass is 9.96. The van der Waals surface area contributed by atoms with Crippen molar-refractivity contribution in [3.63, 3.8) is 0 Å². The van der Waals surface area contributed by atoms with Gasteiger partial charge in [0.05, 0.1) is 13.2 Å². The summed E-state index contributed by atoms with van der Waals surface area (Å²) < 4.78 is 16.1. The molecule has 2 saturated heterocycles. The molecule has 0 radical (unpaired) electrons. The van der Waals surface area contributed by atoms with Crippen molar-refractivity contribution in [2.75, 3.05) is 13.2 Å². The fourth-order valence-corrected chi connectivity index (χ4v) is 3.57. The van der Waals surface area contributed by atoms with Crippen molar-refractivity contribution in [1.82, 2.24) is 16.3 Å². The summed E-state index contributed by atoms with van der Waals surface area (Å²) in [6, 6.07) is 0. The summed E-state index contributed by atoms with van der Waals surface area (Å²) in [5.74, 6) is 4.11. The molecule has 16 heteroatoms. The Labute approximate surface area is 194 Å². The summed E-state index contributed by atoms with van der Waals surface area (Å²) in [5, 5.41) is 69.7. The first kappa shape index (κ1) is 28.7. The van der Waals surface area contributed by atoms with Crippen LogP contribution in [-0.2, 0) is 23.8 Å². The van der Waals surface area contributed by atoms with Crippen molar-refractivity contribution in [2.45, 2.75) is 87.0 Å². The summed E-state index contributed by atoms with van der Waals surface area (Å²) in [6.45, 7) is -1.41. The van der Waals surface area contributed by atoms with Gasteiger partial charge in [0.2, 0.25) is 11.8 Å². The number of nitrogens with one attached hydrogen (secondary N) is 3. The molecule has 12 N–H and O–H groups in total. The minimum absolute atomic E-state index is 0.0441. The van der Waals surface area contributed by atoms with E-state index in [1.807, 2.05) is 5.43 Å². The van der Waals surface area contributed by atoms with Gasteiger partial charge in [-0.05, 0) is 12.8 Å². The second kappa shape index (κ2) is 13.5. The molecule has 10 unspecified atom stereocenters. The molecule has 34 heavy (non-hydrogen) atoms. The van der Waals surface area contributed by atoms with E-state index in [1.54, 1.807) is 0 Å². The summed E-state index contributed by atoms with van der Waals surface area (Å²) in [5.41, 5.74) is 6.67. The largest absolute Gasteiger partial charge is 0.394 e. The predicted octanol–water partition coefficient (Wildman–Crippen LogP) is -6.22. The maximum atomic E-state index is 11.9. The van der Waals surface area contributed by atoms with Gasteiger partial charge in [0.25, 0.3) is 0 Å². The van der Waals surface area contributed by atoms with Gasteiger partial charge in [0.1, 0.15) is 48.8 Å². The van der Waals surface area contributed by atoms with Crippen LogP contribution in [0.25, 0.3) is 0 Å². The molecule has 0 aromatic heterocycles. The molecular formula is C18H34N4O12. The van der Waals surface area contributed by atoms with Crippen molar-refractivity contribution in [3.8, 4) is 0 Å². The average molecular weight is 498 g/mol. The minimum atomic E-state index is -1.77. The number of hydrazine groups is 2. The molecule has 0 spiro atoms. The fraction of sp³-hybridized carbons (Fsp3) is 0.889. The minimum Gasteiger partial charge on any atom is -0.394 e. The van der Waals surface area contributed by atoms with E-state index < -0.39 is 80.5 Å². The van der Waals surface area contributed by atoms with Gasteiger partial charge in [0.15, 0.2) is 12.5 Å². The first-order valence-electron chi connectivity index (χ1n) is 10.8. The van der Waals surface area contributed by atoms with Crippen LogP contribution in [-0.4, -0.2) is 122 Å². The monoisotopic (exact) mass is 498 g/mol. The lowest BCUT2D eigenvalue weighted by Gasteiger charge is -2.46. The molecule has 2 aliphatic heterocycles. The number of ether oxygens (including phenoxy) is 3. The topological polar surface area (TPSA) is 266 Å². The molecule has 0 aromatic carbocycles. The van der Waals surface area contributed by atoms with E-state index in [9.17, 15) is 45.3 Å². The number of nitrogens with two attached hydrogens (primary N) is 1. The third kappa shape index (κ3) is 7.23. The van der Waals surface area contributed by atoms with E-state index in [4.69, 9.17) is 20.1 Å². The predicted molar refractivity (Wildman–Crippen MR) is 108 cm³/mol. The highest BCUT2D eigenvalue weighted by atomic mass is 16.7. The Bertz CT molecular complexity index is 656. The third-order valence-corrected chi connectivity index (χ3v) is 5.58. The zero-order valence-electron chi connectivity index (χ0n) is 18.3. The van der Waals surface area contributed by atoms with Gasteiger partial charge >= 0.3 is 0 Å². The van der Waals surface area contributed by atoms with Crippen molar-refractivity contribution in [3.05, 3.63) is 0 Å². The molecule has 2 heterocycles. The van der Waals surface area contributed by atoms with Crippen LogP contribution in [0.15, 0.2) is 0 Å². The number of hydrogen-bond acceptors (Lipinski definition) is 14. The number of amides is 2. The highest BCUT2D eigenvalue weighted by Crippen LogP contribution is 2.28. The van der Waals surface area contributed by atoms with Gasteiger partial charge in [-0.1, -0.05) is 0 Å². The zero-order valence-corrected chi connectivity index (χ0v) is 18.3. The van der Waals surface area contributed by atoms with Crippen LogP contribution in [0.1, 0.15) is 25.7 Å². The van der Waals surface area contributed by atoms with Gasteiger partial charge in [-0.25, -0.2) is 11.3 Å². The van der Waals surface area contributed by atoms with Gasteiger partial charge in [-0.2, -0.15) is 0 Å². The van der Waals surface area contributed by atoms with E-state index in [0.29, 0.717) is 12.8 Å². The number of rotatable bonds is 11. The van der Waals surface area contributed by atoms with E-state index in [-0.39, 0.29) is 18.7 Å². The molecule has 10 atom stereocenters. The molecular weight excluding hydrogens is 464 g/mol. The number of hydrogen-bond donors (Lipinski definition) is 11. The first-order chi connectivity index (χ1) is 16.1. The summed E-state index contributed by atoms with van der Waals surface area (Å²) in [7, 11) is 0. The smallest absolute Gasteiger partial charge is 0.234 e. The second-order valence-electron chi connectivity index (χ2n) is 8.02. The molecule has 2 amide bonds. The number of aliphatic hydroxyl groups excluding tert-OH is 7. The van der Waals surface area contributed by atoms with E-state index in [0.717, 1.165) is 0 Å². The van der Waals surface area contributed by atoms with Crippen molar-refractivity contribution in [2.24, 2.45) is 5.84 Å². The highest BCUT2D eigenvalue weighted by Gasteiger charge is 2.50. The van der Waals surface area contributed by atoms with Crippen molar-refractivity contribution >= 4 is 11.8 Å². The van der Waals surface area contributed by atoms with Gasteiger partial charge < -0.3 is 50.0 Å². The summed E-state index contributed by atoms with van der Waals surface area (Å²) in [6.07, 6.45) is -14.5. The fourth-order valence-electron chi connectivity index (χ4n) is 3.57. The van der Waals surface area contributed by atoms with Gasteiger partial charge in [-0.15, -0.1) is 0 Å². The Morgan fingerprint density at radius 1 is 0.794 bits per heavy atom. The Hall–Kier alpha value is -1.54. The highest BCUT2D eigenvalue weighted by molar-refractivity contribution is 5.76. The normalized spacial score (nSPS) is 38.4. The molecule has 2 rings (SSSR count). The van der Waals surface area contributed by atoms with Crippen molar-refractivity contribution in [1.29, 1.82) is 0 Å². The number of carbonyl (C=O) groups excluding carboxylic acids is 2. The van der Waals surface area contributed by atoms with Crippen LogP contribution in [0.3, 0.4) is 0 Å². The molecule has 0 bridgehead atoms. The van der Waals surface area contributed by atoms with Crippen LogP contribution in [0.4, 0.5) is 0 Å². The Balaban J connectivity index is 1.90. The van der Waals surface area contributed by atoms with Crippen LogP contribution in [0.5, 0.6) is 0 Å². The zero-order chi connectivity index (χ0) is 25.4. The van der Waals surface area contributed by atoms with Crippen LogP contribution < -0.4 is 22.1 Å². The molecule has 0 aromatic rings. The van der Waals surface area contributed by atoms with Crippen molar-refractivity contribution < 1.29 is 59.5 Å². The lowest BCUT2D eigenvalue weighted by molar-refractivity contribution is -0.343. The number of unbranched alkanes of at least 4 members (excludes halogenated alkanes) is 1. The Morgan fingerprint density at radius 3 is 2.00 bits per heavy atom. The third-order valence-electron chi connectivity index (χ3n) is 5.58. The van der Waals surface area contributed by atoms with Gasteiger partial charge in [0, 0.05) is 12.8 Å². The molecule has 0 aliphatic carbocycles. The Kier molecular flexibility index (Phi) is 11.4. The van der Waals surface area contributed by atoms with E-state index in [2.05, 4.69) is 10.9 Å². The molecule has 0 saturated carbocycles. The van der Waals surface area contributed by atoms with Crippen LogP contribution >= 0.6 is 0 Å². The summed E-state index contributed by atoms with van der Waals surface area (Å²) >= 11 is 0. The molecule has 2 aliphatic rings. The second-order valence-corrected chi connectivity index (χ2v) is 8.02. The van der Waals surface area contributed by atoms with Gasteiger partial charge in [-0.3, -0.25) is 20.4 Å². The quantitative estimate of drug-likeness (QED) is 0.0548. The average Bonchev–Trinajstić information content (AvgIpc) is 2.83. The van der Waals surface area contributed by atoms with Crippen LogP contribution in [0, 0.1) is 0 Å². The van der Waals surface area contributed by atoms with Crippen LogP contribution in [0.2, 0.25) is 0 Å². The SMILES string of the molecule is NNC(=O)CCCCC(=O)NNC1OC(CO)C(OC2OC(CO)C(O)C(O)C2O)C(O)C1O. The summed E-state index contributed by atoms with van der Waals surface area (Å²) in [4.78, 5) is 23.0. The molecule has 16 nitrogen and oxygen atoms in total. The molecule has 2 fully saturated rings. The van der Waals surface area contributed by atoms with E-state index >= 15 is 0 Å². The van der Waals surface area contributed by atoms with E-state index in [1.165, 1.54) is 0 Å².